The van der Waals surface area contributed by atoms with Gasteiger partial charge < -0.3 is 5.73 Å². The molecule has 0 radical (unpaired) electrons. The van der Waals surface area contributed by atoms with Crippen molar-refractivity contribution in [2.45, 2.75) is 12.8 Å². The molecule has 19 heavy (non-hydrogen) atoms. The van der Waals surface area contributed by atoms with E-state index in [4.69, 9.17) is 5.73 Å². The molecule has 6 heteroatoms. The van der Waals surface area contributed by atoms with Gasteiger partial charge in [0.1, 0.15) is 0 Å². The summed E-state index contributed by atoms with van der Waals surface area (Å²) in [4.78, 5) is 0. The van der Waals surface area contributed by atoms with E-state index in [0.29, 0.717) is 19.6 Å². The number of nitrogens with zero attached hydrogens (tertiary/aromatic N) is 1. The first kappa shape index (κ1) is 16.4. The second-order valence-corrected chi connectivity index (χ2v) is 6.99. The number of hydrogen-bond donors (Lipinski definition) is 1. The Morgan fingerprint density at radius 1 is 1.26 bits per heavy atom. The van der Waals surface area contributed by atoms with Crippen LogP contribution in [-0.2, 0) is 10.0 Å². The van der Waals surface area contributed by atoms with Crippen LogP contribution in [0.25, 0.3) is 0 Å². The van der Waals surface area contributed by atoms with E-state index < -0.39 is 10.0 Å². The molecule has 0 spiro atoms. The molecule has 1 aromatic rings. The number of rotatable bonds is 4. The van der Waals surface area contributed by atoms with Crippen molar-refractivity contribution in [3.05, 3.63) is 35.9 Å². The van der Waals surface area contributed by atoms with E-state index in [0.717, 1.165) is 0 Å². The van der Waals surface area contributed by atoms with Gasteiger partial charge in [-0.2, -0.15) is 0 Å². The Bertz CT molecular complexity index is 493. The highest BCUT2D eigenvalue weighted by Crippen LogP contribution is 2.33. The van der Waals surface area contributed by atoms with Crippen LogP contribution in [-0.4, -0.2) is 38.1 Å². The van der Waals surface area contributed by atoms with E-state index in [9.17, 15) is 8.42 Å². The van der Waals surface area contributed by atoms with Crippen molar-refractivity contribution in [1.82, 2.24) is 4.31 Å². The highest BCUT2D eigenvalue weighted by atomic mass is 35.5. The van der Waals surface area contributed by atoms with Gasteiger partial charge >= 0.3 is 0 Å². The van der Waals surface area contributed by atoms with Gasteiger partial charge in [0.05, 0.1) is 5.75 Å². The molecule has 4 nitrogen and oxygen atoms in total. The first-order valence-corrected chi connectivity index (χ1v) is 7.92. The summed E-state index contributed by atoms with van der Waals surface area (Å²) in [7, 11) is -3.10. The number of halogens is 1. The number of hydrogen-bond acceptors (Lipinski definition) is 3. The molecule has 2 rings (SSSR count). The van der Waals surface area contributed by atoms with Crippen molar-refractivity contribution in [3.8, 4) is 0 Å². The van der Waals surface area contributed by atoms with Crippen LogP contribution in [0.1, 0.15) is 18.4 Å². The van der Waals surface area contributed by atoms with Crippen molar-refractivity contribution in [2.24, 2.45) is 11.7 Å². The predicted molar refractivity (Wildman–Crippen MR) is 80.0 cm³/mol. The summed E-state index contributed by atoms with van der Waals surface area (Å²) < 4.78 is 25.4. The molecule has 1 heterocycles. The summed E-state index contributed by atoms with van der Waals surface area (Å²) in [6.45, 7) is 3.31. The molecule has 0 aliphatic carbocycles. The molecule has 0 aromatic heterocycles. The lowest BCUT2D eigenvalue weighted by Gasteiger charge is -2.16. The van der Waals surface area contributed by atoms with Gasteiger partial charge in [0.25, 0.3) is 0 Å². The zero-order chi connectivity index (χ0) is 13.2. The zero-order valence-corrected chi connectivity index (χ0v) is 12.7. The molecule has 108 valence electrons. The Hall–Kier alpha value is -0.620. The molecule has 0 unspecified atom stereocenters. The predicted octanol–water partition coefficient (Wildman–Crippen LogP) is 1.43. The standard InChI is InChI=1S/C13H20N2O2S.ClH/c1-2-18(16,17)15-9-12(8-14)13(10-15)11-6-4-3-5-7-11;/h3-7,12-13H,2,8-10,14H2,1H3;1H/t12-,13+;/m1./s1. The quantitative estimate of drug-likeness (QED) is 0.915. The summed E-state index contributed by atoms with van der Waals surface area (Å²) in [6.07, 6.45) is 0. The lowest BCUT2D eigenvalue weighted by atomic mass is 9.89. The molecule has 1 fully saturated rings. The second kappa shape index (κ2) is 6.70. The normalized spacial score (nSPS) is 24.1. The van der Waals surface area contributed by atoms with Gasteiger partial charge in [-0.25, -0.2) is 12.7 Å². The van der Waals surface area contributed by atoms with Gasteiger partial charge in [-0.3, -0.25) is 0 Å². The maximum absolute atomic E-state index is 11.9. The fourth-order valence-electron chi connectivity index (χ4n) is 2.56. The maximum Gasteiger partial charge on any atom is 0.213 e. The van der Waals surface area contributed by atoms with Gasteiger partial charge in [0.15, 0.2) is 0 Å². The van der Waals surface area contributed by atoms with Crippen molar-refractivity contribution in [1.29, 1.82) is 0 Å². The molecular formula is C13H21ClN2O2S. The largest absolute Gasteiger partial charge is 0.330 e. The highest BCUT2D eigenvalue weighted by molar-refractivity contribution is 7.89. The number of nitrogens with two attached hydrogens (primary N) is 1. The van der Waals surface area contributed by atoms with Gasteiger partial charge in [-0.05, 0) is 24.9 Å². The average molecular weight is 305 g/mol. The van der Waals surface area contributed by atoms with Crippen molar-refractivity contribution in [2.75, 3.05) is 25.4 Å². The number of benzene rings is 1. The minimum atomic E-state index is -3.10. The SMILES string of the molecule is CCS(=O)(=O)N1C[C@@H](CN)[C@H](c2ccccc2)C1.Cl. The number of sulfonamides is 1. The topological polar surface area (TPSA) is 63.4 Å². The second-order valence-electron chi connectivity index (χ2n) is 4.73. The lowest BCUT2D eigenvalue weighted by Crippen LogP contribution is -2.31. The average Bonchev–Trinajstić information content (AvgIpc) is 2.84. The monoisotopic (exact) mass is 304 g/mol. The Morgan fingerprint density at radius 3 is 2.42 bits per heavy atom. The smallest absolute Gasteiger partial charge is 0.213 e. The van der Waals surface area contributed by atoms with Crippen LogP contribution < -0.4 is 5.73 Å². The first-order chi connectivity index (χ1) is 8.58. The molecule has 1 aliphatic heterocycles. The van der Waals surface area contributed by atoms with Crippen LogP contribution in [0.2, 0.25) is 0 Å². The first-order valence-electron chi connectivity index (χ1n) is 6.31. The molecule has 1 saturated heterocycles. The van der Waals surface area contributed by atoms with E-state index in [-0.39, 0.29) is 30.0 Å². The highest BCUT2D eigenvalue weighted by Gasteiger charge is 2.37. The molecule has 0 amide bonds. The molecule has 0 saturated carbocycles. The maximum atomic E-state index is 11.9. The summed E-state index contributed by atoms with van der Waals surface area (Å²) in [5.74, 6) is 0.595. The third-order valence-corrected chi connectivity index (χ3v) is 5.51. The summed E-state index contributed by atoms with van der Waals surface area (Å²) >= 11 is 0. The molecule has 1 aromatic carbocycles. The van der Waals surface area contributed by atoms with Crippen LogP contribution in [0.5, 0.6) is 0 Å². The minimum absolute atomic E-state index is 0. The van der Waals surface area contributed by atoms with Crippen LogP contribution in [0, 0.1) is 5.92 Å². The van der Waals surface area contributed by atoms with E-state index in [1.54, 1.807) is 11.2 Å². The van der Waals surface area contributed by atoms with E-state index in [2.05, 4.69) is 12.1 Å². The third kappa shape index (κ3) is 3.48. The van der Waals surface area contributed by atoms with Crippen molar-refractivity contribution < 1.29 is 8.42 Å². The van der Waals surface area contributed by atoms with Gasteiger partial charge in [-0.1, -0.05) is 30.3 Å². The van der Waals surface area contributed by atoms with Gasteiger partial charge in [0.2, 0.25) is 10.0 Å². The van der Waals surface area contributed by atoms with E-state index >= 15 is 0 Å². The third-order valence-electron chi connectivity index (χ3n) is 3.70. The lowest BCUT2D eigenvalue weighted by molar-refractivity contribution is 0.460. The van der Waals surface area contributed by atoms with E-state index in [1.165, 1.54) is 5.56 Å². The fourth-order valence-corrected chi connectivity index (χ4v) is 3.73. The molecule has 2 atom stereocenters. The van der Waals surface area contributed by atoms with Crippen LogP contribution in [0.15, 0.2) is 30.3 Å². The summed E-state index contributed by atoms with van der Waals surface area (Å²) in [6, 6.07) is 10.0. The van der Waals surface area contributed by atoms with Crippen molar-refractivity contribution >= 4 is 22.4 Å². The Balaban J connectivity index is 0.00000180. The van der Waals surface area contributed by atoms with Gasteiger partial charge in [-0.15, -0.1) is 12.4 Å². The van der Waals surface area contributed by atoms with Crippen LogP contribution in [0.4, 0.5) is 0 Å². The molecular weight excluding hydrogens is 284 g/mol. The summed E-state index contributed by atoms with van der Waals surface area (Å²) in [5, 5.41) is 0. The zero-order valence-electron chi connectivity index (χ0n) is 11.0. The van der Waals surface area contributed by atoms with E-state index in [1.807, 2.05) is 18.2 Å². The Kier molecular flexibility index (Phi) is 5.80. The Morgan fingerprint density at radius 2 is 1.89 bits per heavy atom. The summed E-state index contributed by atoms with van der Waals surface area (Å²) in [5.41, 5.74) is 6.97. The Labute approximate surface area is 121 Å². The molecule has 1 aliphatic rings. The van der Waals surface area contributed by atoms with Gasteiger partial charge in [0, 0.05) is 19.0 Å². The van der Waals surface area contributed by atoms with Crippen LogP contribution in [0.3, 0.4) is 0 Å². The molecule has 2 N–H and O–H groups in total. The van der Waals surface area contributed by atoms with Crippen LogP contribution >= 0.6 is 12.4 Å². The fraction of sp³-hybridized carbons (Fsp3) is 0.538. The van der Waals surface area contributed by atoms with Crippen molar-refractivity contribution in [3.63, 3.8) is 0 Å². The minimum Gasteiger partial charge on any atom is -0.330 e. The molecule has 0 bridgehead atoms.